The van der Waals surface area contributed by atoms with Crippen LogP contribution in [-0.4, -0.2) is 12.1 Å². The van der Waals surface area contributed by atoms with Crippen molar-refractivity contribution in [2.75, 3.05) is 0 Å². The first-order valence-electron chi connectivity index (χ1n) is 5.50. The van der Waals surface area contributed by atoms with Gasteiger partial charge in [0.25, 0.3) is 5.91 Å². The van der Waals surface area contributed by atoms with E-state index in [1.165, 1.54) is 0 Å². The molecule has 2 rings (SSSR count). The van der Waals surface area contributed by atoms with Crippen LogP contribution in [0.25, 0.3) is 0 Å². The third-order valence-electron chi connectivity index (χ3n) is 2.38. The topological polar surface area (TPSA) is 41.5 Å². The van der Waals surface area contributed by atoms with E-state index in [4.69, 9.17) is 0 Å². The zero-order chi connectivity index (χ0) is 13.7. The van der Waals surface area contributed by atoms with Crippen LogP contribution in [0.2, 0.25) is 0 Å². The maximum atomic E-state index is 11.8. The number of hydrazone groups is 1. The monoisotopic (exact) mass is 428 g/mol. The van der Waals surface area contributed by atoms with Crippen molar-refractivity contribution in [2.45, 2.75) is 0 Å². The zero-order valence-corrected chi connectivity index (χ0v) is 13.6. The summed E-state index contributed by atoms with van der Waals surface area (Å²) in [7, 11) is 0. The molecule has 0 unspecified atom stereocenters. The van der Waals surface area contributed by atoms with Crippen molar-refractivity contribution in [2.24, 2.45) is 5.10 Å². The van der Waals surface area contributed by atoms with Crippen LogP contribution in [0.4, 0.5) is 0 Å². The van der Waals surface area contributed by atoms with E-state index in [-0.39, 0.29) is 5.91 Å². The van der Waals surface area contributed by atoms with E-state index in [1.807, 2.05) is 36.4 Å². The quantitative estimate of drug-likeness (QED) is 0.450. The van der Waals surface area contributed by atoms with Crippen molar-refractivity contribution in [1.82, 2.24) is 5.43 Å². The fourth-order valence-corrected chi connectivity index (χ4v) is 2.20. The third-order valence-corrected chi connectivity index (χ3v) is 3.89. The molecule has 96 valence electrons. The van der Waals surface area contributed by atoms with Gasteiger partial charge < -0.3 is 0 Å². The van der Waals surface area contributed by atoms with Crippen LogP contribution >= 0.6 is 38.5 Å². The highest BCUT2D eigenvalue weighted by Crippen LogP contribution is 2.10. The van der Waals surface area contributed by atoms with Gasteiger partial charge in [-0.3, -0.25) is 4.79 Å². The van der Waals surface area contributed by atoms with Gasteiger partial charge in [-0.05, 0) is 52.9 Å². The molecule has 0 aliphatic heterocycles. The smallest absolute Gasteiger partial charge is 0.267 e. The molecule has 2 aromatic rings. The SMILES string of the molecule is O=C(N/N=C/c1ccccc1I)c1ccc(Br)cc1. The van der Waals surface area contributed by atoms with Gasteiger partial charge in [0.1, 0.15) is 0 Å². The number of hydrogen-bond donors (Lipinski definition) is 1. The Kier molecular flexibility index (Phi) is 5.09. The largest absolute Gasteiger partial charge is 0.271 e. The molecule has 1 N–H and O–H groups in total. The highest BCUT2D eigenvalue weighted by molar-refractivity contribution is 14.1. The minimum atomic E-state index is -0.227. The number of halogens is 2. The molecule has 0 bridgehead atoms. The predicted molar refractivity (Wildman–Crippen MR) is 88.4 cm³/mol. The minimum absolute atomic E-state index is 0.227. The number of hydrogen-bond acceptors (Lipinski definition) is 2. The summed E-state index contributed by atoms with van der Waals surface area (Å²) in [5.74, 6) is -0.227. The molecule has 3 nitrogen and oxygen atoms in total. The van der Waals surface area contributed by atoms with Crippen molar-refractivity contribution in [1.29, 1.82) is 0 Å². The lowest BCUT2D eigenvalue weighted by Crippen LogP contribution is -2.17. The molecular weight excluding hydrogens is 419 g/mol. The highest BCUT2D eigenvalue weighted by Gasteiger charge is 2.03. The summed E-state index contributed by atoms with van der Waals surface area (Å²) < 4.78 is 2.02. The second kappa shape index (κ2) is 6.81. The molecule has 0 aromatic heterocycles. The molecule has 19 heavy (non-hydrogen) atoms. The summed E-state index contributed by atoms with van der Waals surface area (Å²) in [6.07, 6.45) is 1.64. The Morgan fingerprint density at radius 2 is 1.84 bits per heavy atom. The van der Waals surface area contributed by atoms with E-state index in [9.17, 15) is 4.79 Å². The molecule has 5 heteroatoms. The lowest BCUT2D eigenvalue weighted by molar-refractivity contribution is 0.0955. The maximum Gasteiger partial charge on any atom is 0.271 e. The number of nitrogens with one attached hydrogen (secondary N) is 1. The first-order valence-corrected chi connectivity index (χ1v) is 7.37. The van der Waals surface area contributed by atoms with Gasteiger partial charge in [0, 0.05) is 19.2 Å². The number of benzene rings is 2. The van der Waals surface area contributed by atoms with Crippen LogP contribution in [0, 0.1) is 3.57 Å². The van der Waals surface area contributed by atoms with Crippen molar-refractivity contribution in [3.05, 3.63) is 67.7 Å². The Balaban J connectivity index is 2.01. The second-order valence-corrected chi connectivity index (χ2v) is 5.81. The van der Waals surface area contributed by atoms with Gasteiger partial charge in [0.2, 0.25) is 0 Å². The van der Waals surface area contributed by atoms with Crippen LogP contribution in [0.1, 0.15) is 15.9 Å². The summed E-state index contributed by atoms with van der Waals surface area (Å²) >= 11 is 5.55. The van der Waals surface area contributed by atoms with Crippen molar-refractivity contribution in [3.63, 3.8) is 0 Å². The summed E-state index contributed by atoms with van der Waals surface area (Å²) in [6.45, 7) is 0. The second-order valence-electron chi connectivity index (χ2n) is 3.73. The fraction of sp³-hybridized carbons (Fsp3) is 0. The Morgan fingerprint density at radius 1 is 1.16 bits per heavy atom. The molecule has 0 radical (unpaired) electrons. The number of carbonyl (C=O) groups is 1. The van der Waals surface area contributed by atoms with E-state index < -0.39 is 0 Å². The lowest BCUT2D eigenvalue weighted by Gasteiger charge is -2.00. The van der Waals surface area contributed by atoms with Crippen molar-refractivity contribution < 1.29 is 4.79 Å². The summed E-state index contributed by atoms with van der Waals surface area (Å²) in [5.41, 5.74) is 4.05. The summed E-state index contributed by atoms with van der Waals surface area (Å²) in [5, 5.41) is 3.96. The molecule has 0 spiro atoms. The minimum Gasteiger partial charge on any atom is -0.267 e. The lowest BCUT2D eigenvalue weighted by atomic mass is 10.2. The summed E-state index contributed by atoms with van der Waals surface area (Å²) in [6, 6.07) is 14.9. The maximum absolute atomic E-state index is 11.8. The van der Waals surface area contributed by atoms with Gasteiger partial charge in [-0.25, -0.2) is 5.43 Å². The Bertz CT molecular complexity index is 611. The van der Waals surface area contributed by atoms with Crippen molar-refractivity contribution >= 4 is 50.6 Å². The molecular formula is C14H10BrIN2O. The van der Waals surface area contributed by atoms with Gasteiger partial charge in [0.05, 0.1) is 6.21 Å². The summed E-state index contributed by atoms with van der Waals surface area (Å²) in [4.78, 5) is 11.8. The van der Waals surface area contributed by atoms with Crippen LogP contribution in [0.5, 0.6) is 0 Å². The fourth-order valence-electron chi connectivity index (χ4n) is 1.41. The Labute approximate surface area is 133 Å². The normalized spacial score (nSPS) is 10.6. The van der Waals surface area contributed by atoms with E-state index in [0.29, 0.717) is 5.56 Å². The Hall–Kier alpha value is -1.21. The van der Waals surface area contributed by atoms with E-state index >= 15 is 0 Å². The molecule has 0 heterocycles. The molecule has 0 aliphatic rings. The van der Waals surface area contributed by atoms with Crippen LogP contribution in [0.3, 0.4) is 0 Å². The van der Waals surface area contributed by atoms with Crippen LogP contribution in [-0.2, 0) is 0 Å². The zero-order valence-electron chi connectivity index (χ0n) is 9.81. The molecule has 0 saturated heterocycles. The van der Waals surface area contributed by atoms with E-state index in [2.05, 4.69) is 49.0 Å². The first-order chi connectivity index (χ1) is 9.16. The first kappa shape index (κ1) is 14.2. The molecule has 2 aromatic carbocycles. The average molecular weight is 429 g/mol. The van der Waals surface area contributed by atoms with Gasteiger partial charge in [-0.1, -0.05) is 34.1 Å². The molecule has 1 amide bonds. The number of carbonyl (C=O) groups excluding carboxylic acids is 1. The van der Waals surface area contributed by atoms with Gasteiger partial charge in [0.15, 0.2) is 0 Å². The van der Waals surface area contributed by atoms with Gasteiger partial charge in [-0.2, -0.15) is 5.10 Å². The van der Waals surface area contributed by atoms with Crippen LogP contribution < -0.4 is 5.43 Å². The van der Waals surface area contributed by atoms with Gasteiger partial charge in [-0.15, -0.1) is 0 Å². The number of rotatable bonds is 3. The molecule has 0 aliphatic carbocycles. The van der Waals surface area contributed by atoms with E-state index in [0.717, 1.165) is 13.6 Å². The Morgan fingerprint density at radius 3 is 2.53 bits per heavy atom. The van der Waals surface area contributed by atoms with Crippen molar-refractivity contribution in [3.8, 4) is 0 Å². The average Bonchev–Trinajstić information content (AvgIpc) is 2.41. The van der Waals surface area contributed by atoms with Crippen LogP contribution in [0.15, 0.2) is 58.1 Å². The standard InChI is InChI=1S/C14H10BrIN2O/c15-12-7-5-10(6-8-12)14(19)18-17-9-11-3-1-2-4-13(11)16/h1-9H,(H,18,19)/b17-9+. The highest BCUT2D eigenvalue weighted by atomic mass is 127. The molecule has 0 fully saturated rings. The van der Waals surface area contributed by atoms with E-state index in [1.54, 1.807) is 18.3 Å². The van der Waals surface area contributed by atoms with Gasteiger partial charge >= 0.3 is 0 Å². The number of amides is 1. The predicted octanol–water partition coefficient (Wildman–Crippen LogP) is 3.82. The third kappa shape index (κ3) is 4.14. The molecule has 0 atom stereocenters. The molecule has 0 saturated carbocycles. The number of nitrogens with zero attached hydrogens (tertiary/aromatic N) is 1.